The summed E-state index contributed by atoms with van der Waals surface area (Å²) in [5.74, 6) is 1.07. The van der Waals surface area contributed by atoms with E-state index in [0.29, 0.717) is 34.2 Å². The molecule has 1 aromatic heterocycles. The molecule has 0 N–H and O–H groups in total. The number of methoxy groups -OCH3 is 1. The highest BCUT2D eigenvalue weighted by molar-refractivity contribution is 5.94. The first-order valence-corrected chi connectivity index (χ1v) is 8.09. The Hall–Kier alpha value is -2.67. The van der Waals surface area contributed by atoms with Crippen LogP contribution in [0.2, 0.25) is 0 Å². The molecule has 4 heteroatoms. The number of carbonyl (C=O) groups is 1. The Morgan fingerprint density at radius 3 is 2.67 bits per heavy atom. The number of nitrogens with zero attached hydrogens (tertiary/aromatic N) is 2. The first-order valence-electron chi connectivity index (χ1n) is 8.09. The molecule has 0 aliphatic carbocycles. The Morgan fingerprint density at radius 1 is 1.33 bits per heavy atom. The van der Waals surface area contributed by atoms with E-state index in [4.69, 9.17) is 10.00 Å². The summed E-state index contributed by atoms with van der Waals surface area (Å²) in [6.45, 7) is 5.84. The predicted octanol–water partition coefficient (Wildman–Crippen LogP) is 4.42. The number of aromatic nitrogens is 1. The van der Waals surface area contributed by atoms with Crippen LogP contribution in [0.25, 0.3) is 11.3 Å². The lowest BCUT2D eigenvalue weighted by atomic mass is 9.95. The van der Waals surface area contributed by atoms with E-state index in [9.17, 15) is 4.79 Å². The van der Waals surface area contributed by atoms with Crippen LogP contribution < -0.4 is 4.74 Å². The van der Waals surface area contributed by atoms with Crippen LogP contribution in [0.15, 0.2) is 30.3 Å². The van der Waals surface area contributed by atoms with Gasteiger partial charge in [-0.25, -0.2) is 4.98 Å². The third-order valence-corrected chi connectivity index (χ3v) is 4.18. The number of rotatable bonds is 6. The first-order chi connectivity index (χ1) is 11.5. The van der Waals surface area contributed by atoms with Crippen molar-refractivity contribution >= 4 is 5.78 Å². The standard InChI is InChI=1S/C20H22N2O2/c1-5-13(2)10-16-7-8-18(22-20(16)14(3)23)17-11-15(12-21)6-9-19(17)24-4/h6-9,11,13H,5,10H2,1-4H3. The molecule has 0 radical (unpaired) electrons. The molecule has 2 aromatic rings. The number of ketones is 1. The van der Waals surface area contributed by atoms with Crippen molar-refractivity contribution in [1.29, 1.82) is 5.26 Å². The van der Waals surface area contributed by atoms with Crippen molar-refractivity contribution in [1.82, 2.24) is 4.98 Å². The lowest BCUT2D eigenvalue weighted by molar-refractivity contribution is 0.101. The van der Waals surface area contributed by atoms with E-state index < -0.39 is 0 Å². The van der Waals surface area contributed by atoms with Crippen molar-refractivity contribution in [3.63, 3.8) is 0 Å². The van der Waals surface area contributed by atoms with Crippen LogP contribution in [0, 0.1) is 17.2 Å². The minimum absolute atomic E-state index is 0.0504. The summed E-state index contributed by atoms with van der Waals surface area (Å²) in [5.41, 5.74) is 3.35. The summed E-state index contributed by atoms with van der Waals surface area (Å²) in [5, 5.41) is 9.12. The van der Waals surface area contributed by atoms with Gasteiger partial charge in [-0.3, -0.25) is 4.79 Å². The predicted molar refractivity (Wildman–Crippen MR) is 94.1 cm³/mol. The summed E-state index contributed by atoms with van der Waals surface area (Å²) < 4.78 is 5.38. The maximum atomic E-state index is 12.1. The van der Waals surface area contributed by atoms with Gasteiger partial charge in [0.05, 0.1) is 24.4 Å². The number of hydrogen-bond donors (Lipinski definition) is 0. The van der Waals surface area contributed by atoms with E-state index in [2.05, 4.69) is 24.9 Å². The second-order valence-electron chi connectivity index (χ2n) is 6.00. The van der Waals surface area contributed by atoms with E-state index >= 15 is 0 Å². The average molecular weight is 322 g/mol. The Morgan fingerprint density at radius 2 is 2.08 bits per heavy atom. The molecule has 0 spiro atoms. The van der Waals surface area contributed by atoms with Crippen molar-refractivity contribution in [2.75, 3.05) is 7.11 Å². The summed E-state index contributed by atoms with van der Waals surface area (Å²) in [6, 6.07) is 11.2. The monoisotopic (exact) mass is 322 g/mol. The van der Waals surface area contributed by atoms with Gasteiger partial charge in [-0.1, -0.05) is 26.3 Å². The van der Waals surface area contributed by atoms with Crippen LogP contribution in [-0.4, -0.2) is 17.9 Å². The molecule has 4 nitrogen and oxygen atoms in total. The van der Waals surface area contributed by atoms with Crippen LogP contribution in [0.1, 0.15) is 48.8 Å². The number of benzene rings is 1. The highest BCUT2D eigenvalue weighted by Crippen LogP contribution is 2.30. The van der Waals surface area contributed by atoms with Gasteiger partial charge in [0.25, 0.3) is 0 Å². The molecule has 24 heavy (non-hydrogen) atoms. The highest BCUT2D eigenvalue weighted by atomic mass is 16.5. The zero-order chi connectivity index (χ0) is 17.7. The number of hydrogen-bond acceptors (Lipinski definition) is 4. The lowest BCUT2D eigenvalue weighted by Crippen LogP contribution is -2.08. The van der Waals surface area contributed by atoms with Gasteiger partial charge in [0.1, 0.15) is 11.4 Å². The van der Waals surface area contributed by atoms with Gasteiger partial charge in [-0.2, -0.15) is 5.26 Å². The molecule has 0 bridgehead atoms. The van der Waals surface area contributed by atoms with Gasteiger partial charge >= 0.3 is 0 Å². The third-order valence-electron chi connectivity index (χ3n) is 4.18. The van der Waals surface area contributed by atoms with E-state index in [1.54, 1.807) is 25.3 Å². The van der Waals surface area contributed by atoms with E-state index in [-0.39, 0.29) is 5.78 Å². The number of ether oxygens (including phenoxy) is 1. The maximum absolute atomic E-state index is 12.1. The number of nitriles is 1. The van der Waals surface area contributed by atoms with Crippen LogP contribution in [0.5, 0.6) is 5.75 Å². The van der Waals surface area contributed by atoms with Gasteiger partial charge in [0.2, 0.25) is 0 Å². The van der Waals surface area contributed by atoms with Crippen LogP contribution in [0.3, 0.4) is 0 Å². The second-order valence-corrected chi connectivity index (χ2v) is 6.00. The molecule has 0 aliphatic heterocycles. The number of carbonyl (C=O) groups excluding carboxylic acids is 1. The quantitative estimate of drug-likeness (QED) is 0.739. The molecule has 1 unspecified atom stereocenters. The fourth-order valence-corrected chi connectivity index (χ4v) is 2.60. The molecule has 0 saturated heterocycles. The highest BCUT2D eigenvalue weighted by Gasteiger charge is 2.15. The second kappa shape index (κ2) is 7.74. The molecule has 0 saturated carbocycles. The van der Waals surface area contributed by atoms with Gasteiger partial charge < -0.3 is 4.74 Å². The molecule has 1 atom stereocenters. The smallest absolute Gasteiger partial charge is 0.178 e. The van der Waals surface area contributed by atoms with Crippen molar-refractivity contribution < 1.29 is 9.53 Å². The Labute approximate surface area is 143 Å². The molecule has 124 valence electrons. The lowest BCUT2D eigenvalue weighted by Gasteiger charge is -2.14. The molecule has 0 amide bonds. The normalized spacial score (nSPS) is 11.6. The van der Waals surface area contributed by atoms with Gasteiger partial charge in [-0.15, -0.1) is 0 Å². The van der Waals surface area contributed by atoms with Gasteiger partial charge in [0.15, 0.2) is 5.78 Å². The van der Waals surface area contributed by atoms with Crippen LogP contribution in [-0.2, 0) is 6.42 Å². The molecule has 2 rings (SSSR count). The van der Waals surface area contributed by atoms with E-state index in [1.165, 1.54) is 6.92 Å². The maximum Gasteiger partial charge on any atom is 0.178 e. The number of Topliss-reactive ketones (excluding diaryl/α,β-unsaturated/α-hetero) is 1. The average Bonchev–Trinajstić information content (AvgIpc) is 2.61. The first kappa shape index (κ1) is 17.7. The van der Waals surface area contributed by atoms with Crippen LogP contribution >= 0.6 is 0 Å². The van der Waals surface area contributed by atoms with Crippen molar-refractivity contribution in [3.05, 3.63) is 47.2 Å². The fourth-order valence-electron chi connectivity index (χ4n) is 2.60. The molecular weight excluding hydrogens is 300 g/mol. The van der Waals surface area contributed by atoms with Crippen molar-refractivity contribution in [3.8, 4) is 23.1 Å². The Bertz CT molecular complexity index is 791. The van der Waals surface area contributed by atoms with Crippen LogP contribution in [0.4, 0.5) is 0 Å². The molecule has 0 fully saturated rings. The third kappa shape index (κ3) is 3.80. The largest absolute Gasteiger partial charge is 0.496 e. The topological polar surface area (TPSA) is 63.0 Å². The number of pyridine rings is 1. The molecule has 1 aromatic carbocycles. The van der Waals surface area contributed by atoms with Crippen molar-refractivity contribution in [2.24, 2.45) is 5.92 Å². The Kier molecular flexibility index (Phi) is 5.70. The fraction of sp³-hybridized carbons (Fsp3) is 0.350. The minimum Gasteiger partial charge on any atom is -0.496 e. The minimum atomic E-state index is -0.0504. The van der Waals surface area contributed by atoms with E-state index in [0.717, 1.165) is 18.4 Å². The SMILES string of the molecule is CCC(C)Cc1ccc(-c2cc(C#N)ccc2OC)nc1C(C)=O. The molecule has 0 aliphatic rings. The van der Waals surface area contributed by atoms with E-state index in [1.807, 2.05) is 12.1 Å². The molecular formula is C20H22N2O2. The van der Waals surface area contributed by atoms with Crippen molar-refractivity contribution in [2.45, 2.75) is 33.6 Å². The van der Waals surface area contributed by atoms with Gasteiger partial charge in [-0.05, 0) is 42.2 Å². The summed E-state index contributed by atoms with van der Waals surface area (Å²) >= 11 is 0. The summed E-state index contributed by atoms with van der Waals surface area (Å²) in [7, 11) is 1.58. The Balaban J connectivity index is 2.55. The zero-order valence-electron chi connectivity index (χ0n) is 14.6. The van der Waals surface area contributed by atoms with Gasteiger partial charge in [0, 0.05) is 12.5 Å². The summed E-state index contributed by atoms with van der Waals surface area (Å²) in [6.07, 6.45) is 1.88. The summed E-state index contributed by atoms with van der Waals surface area (Å²) in [4.78, 5) is 16.6. The molecule has 1 heterocycles. The zero-order valence-corrected chi connectivity index (χ0v) is 14.6.